The average molecular weight is 284 g/mol. The maximum absolute atomic E-state index is 11.0. The summed E-state index contributed by atoms with van der Waals surface area (Å²) in [5.74, 6) is 0.422. The molecule has 0 aromatic carbocycles. The molecule has 0 aliphatic carbocycles. The number of esters is 1. The Kier molecular flexibility index (Phi) is 6.27. The average Bonchev–Trinajstić information content (AvgIpc) is 2.71. The predicted molar refractivity (Wildman–Crippen MR) is 76.4 cm³/mol. The monoisotopic (exact) mass is 284 g/mol. The van der Waals surface area contributed by atoms with Gasteiger partial charge < -0.3 is 15.4 Å². The molecule has 0 radical (unpaired) electrons. The lowest BCUT2D eigenvalue weighted by Gasteiger charge is -2.10. The summed E-state index contributed by atoms with van der Waals surface area (Å²) >= 11 is 1.67. The number of carbonyl (C=O) groups excluding carboxylic acids is 1. The van der Waals surface area contributed by atoms with Gasteiger partial charge in [-0.15, -0.1) is 11.3 Å². The van der Waals surface area contributed by atoms with Crippen molar-refractivity contribution >= 4 is 23.3 Å². The quantitative estimate of drug-likeness (QED) is 0.479. The minimum atomic E-state index is -0.239. The number of aromatic nitrogens is 1. The van der Waals surface area contributed by atoms with Crippen molar-refractivity contribution in [3.8, 4) is 0 Å². The van der Waals surface area contributed by atoms with Gasteiger partial charge in [-0.2, -0.15) is 0 Å². The van der Waals surface area contributed by atoms with Gasteiger partial charge in [-0.25, -0.2) is 4.98 Å². The van der Waals surface area contributed by atoms with Gasteiger partial charge in [-0.05, 0) is 13.8 Å². The van der Waals surface area contributed by atoms with Crippen molar-refractivity contribution in [1.82, 2.24) is 15.6 Å². The van der Waals surface area contributed by atoms with E-state index in [1.165, 1.54) is 12.0 Å². The Hall–Kier alpha value is -1.63. The molecule has 0 aliphatic rings. The number of hydrogen-bond acceptors (Lipinski definition) is 5. The van der Waals surface area contributed by atoms with Gasteiger partial charge >= 0.3 is 5.97 Å². The van der Waals surface area contributed by atoms with E-state index in [2.05, 4.69) is 25.3 Å². The van der Waals surface area contributed by atoms with Gasteiger partial charge in [-0.1, -0.05) is 0 Å². The summed E-state index contributed by atoms with van der Waals surface area (Å²) < 4.78 is 4.57. The van der Waals surface area contributed by atoms with Crippen LogP contribution in [0.15, 0.2) is 4.99 Å². The minimum Gasteiger partial charge on any atom is -0.469 e. The highest BCUT2D eigenvalue weighted by Crippen LogP contribution is 2.16. The molecular formula is C12H20N4O2S. The maximum Gasteiger partial charge on any atom is 0.307 e. The summed E-state index contributed by atoms with van der Waals surface area (Å²) in [7, 11) is 3.07. The summed E-state index contributed by atoms with van der Waals surface area (Å²) in [6.07, 6.45) is 0.315. The van der Waals surface area contributed by atoms with Gasteiger partial charge in [-0.3, -0.25) is 9.79 Å². The Balaban J connectivity index is 2.37. The van der Waals surface area contributed by atoms with Crippen LogP contribution in [-0.4, -0.2) is 37.6 Å². The molecule has 1 aromatic rings. The van der Waals surface area contributed by atoms with Crippen LogP contribution in [0.25, 0.3) is 0 Å². The zero-order chi connectivity index (χ0) is 14.3. The first-order chi connectivity index (χ1) is 9.06. The second-order valence-electron chi connectivity index (χ2n) is 3.92. The number of ether oxygens (including phenoxy) is 1. The molecule has 0 atom stereocenters. The number of thiazole rings is 1. The summed E-state index contributed by atoms with van der Waals surface area (Å²) in [4.78, 5) is 20.6. The number of nitrogens with zero attached hydrogens (tertiary/aromatic N) is 2. The molecule has 0 saturated heterocycles. The summed E-state index contributed by atoms with van der Waals surface area (Å²) in [6.45, 7) is 5.15. The number of nitrogens with one attached hydrogen (secondary N) is 2. The van der Waals surface area contributed by atoms with Gasteiger partial charge in [0.15, 0.2) is 5.96 Å². The predicted octanol–water partition coefficient (Wildman–Crippen LogP) is 0.988. The first-order valence-corrected chi connectivity index (χ1v) is 6.82. The van der Waals surface area contributed by atoms with Crippen LogP contribution in [0.4, 0.5) is 0 Å². The normalized spacial score (nSPS) is 11.3. The molecule has 6 nitrogen and oxygen atoms in total. The van der Waals surface area contributed by atoms with Gasteiger partial charge in [0, 0.05) is 18.5 Å². The molecule has 0 fully saturated rings. The van der Waals surface area contributed by atoms with Crippen LogP contribution in [0.5, 0.6) is 0 Å². The molecule has 0 saturated carbocycles. The molecule has 0 spiro atoms. The van der Waals surface area contributed by atoms with Gasteiger partial charge in [0.1, 0.15) is 0 Å². The molecular weight excluding hydrogens is 264 g/mol. The van der Waals surface area contributed by atoms with Crippen molar-refractivity contribution < 1.29 is 9.53 Å². The topological polar surface area (TPSA) is 75.6 Å². The molecule has 7 heteroatoms. The van der Waals surface area contributed by atoms with E-state index in [0.717, 1.165) is 10.7 Å². The Morgan fingerprint density at radius 1 is 1.42 bits per heavy atom. The molecule has 1 heterocycles. The molecule has 106 valence electrons. The van der Waals surface area contributed by atoms with Crippen LogP contribution in [-0.2, 0) is 16.1 Å². The van der Waals surface area contributed by atoms with Crippen LogP contribution >= 0.6 is 11.3 Å². The molecule has 0 unspecified atom stereocenters. The van der Waals surface area contributed by atoms with Gasteiger partial charge in [0.2, 0.25) is 0 Å². The van der Waals surface area contributed by atoms with Crippen LogP contribution in [0.3, 0.4) is 0 Å². The molecule has 1 rings (SSSR count). The number of aliphatic imine (C=N–C) groups is 1. The second-order valence-corrected chi connectivity index (χ2v) is 5.21. The third-order valence-corrected chi connectivity index (χ3v) is 3.56. The van der Waals surface area contributed by atoms with E-state index in [1.807, 2.05) is 13.8 Å². The van der Waals surface area contributed by atoms with E-state index in [-0.39, 0.29) is 5.97 Å². The Morgan fingerprint density at radius 2 is 2.16 bits per heavy atom. The largest absolute Gasteiger partial charge is 0.469 e. The summed E-state index contributed by atoms with van der Waals surface area (Å²) in [5.41, 5.74) is 1.04. The lowest BCUT2D eigenvalue weighted by molar-refractivity contribution is -0.140. The Morgan fingerprint density at radius 3 is 2.68 bits per heavy atom. The fourth-order valence-corrected chi connectivity index (χ4v) is 2.38. The van der Waals surface area contributed by atoms with Crippen LogP contribution < -0.4 is 10.6 Å². The van der Waals surface area contributed by atoms with Crippen molar-refractivity contribution in [2.45, 2.75) is 26.8 Å². The van der Waals surface area contributed by atoms with E-state index in [9.17, 15) is 4.79 Å². The lowest BCUT2D eigenvalue weighted by atomic mass is 10.4. The number of aryl methyl sites for hydroxylation is 2. The number of guanidine groups is 1. The molecule has 1 aromatic heterocycles. The SMILES string of the molecule is CN=C(NCCC(=O)OC)NCc1sc(C)nc1C. The lowest BCUT2D eigenvalue weighted by Crippen LogP contribution is -2.37. The number of carbonyl (C=O) groups is 1. The molecule has 0 bridgehead atoms. The van der Waals surface area contributed by atoms with E-state index < -0.39 is 0 Å². The van der Waals surface area contributed by atoms with Gasteiger partial charge in [0.25, 0.3) is 0 Å². The fraction of sp³-hybridized carbons (Fsp3) is 0.583. The first-order valence-electron chi connectivity index (χ1n) is 6.01. The number of rotatable bonds is 5. The fourth-order valence-electron chi connectivity index (χ4n) is 1.51. The van der Waals surface area contributed by atoms with Crippen LogP contribution in [0, 0.1) is 13.8 Å². The van der Waals surface area contributed by atoms with E-state index >= 15 is 0 Å². The Labute approximate surface area is 117 Å². The molecule has 0 amide bonds. The van der Waals surface area contributed by atoms with Crippen molar-refractivity contribution in [3.05, 3.63) is 15.6 Å². The minimum absolute atomic E-state index is 0.239. The summed E-state index contributed by atoms with van der Waals surface area (Å²) in [6, 6.07) is 0. The highest BCUT2D eigenvalue weighted by atomic mass is 32.1. The van der Waals surface area contributed by atoms with Crippen molar-refractivity contribution in [1.29, 1.82) is 0 Å². The first kappa shape index (κ1) is 15.4. The zero-order valence-electron chi connectivity index (χ0n) is 11.7. The van der Waals surface area contributed by atoms with Crippen molar-refractivity contribution in [3.63, 3.8) is 0 Å². The van der Waals surface area contributed by atoms with E-state index in [4.69, 9.17) is 0 Å². The standard InChI is InChI=1S/C12H20N4O2S/c1-8-10(19-9(2)16-8)7-15-12(13-3)14-6-5-11(17)18-4/h5-7H2,1-4H3,(H2,13,14,15). The van der Waals surface area contributed by atoms with Crippen molar-refractivity contribution in [2.75, 3.05) is 20.7 Å². The smallest absolute Gasteiger partial charge is 0.307 e. The molecule has 0 aliphatic heterocycles. The molecule has 2 N–H and O–H groups in total. The second kappa shape index (κ2) is 7.73. The Bertz CT molecular complexity index is 457. The summed E-state index contributed by atoms with van der Waals surface area (Å²) in [5, 5.41) is 7.30. The highest BCUT2D eigenvalue weighted by molar-refractivity contribution is 7.11. The van der Waals surface area contributed by atoms with Crippen molar-refractivity contribution in [2.24, 2.45) is 4.99 Å². The van der Waals surface area contributed by atoms with Crippen LogP contribution in [0.2, 0.25) is 0 Å². The third kappa shape index (κ3) is 5.25. The van der Waals surface area contributed by atoms with E-state index in [1.54, 1.807) is 18.4 Å². The molecule has 19 heavy (non-hydrogen) atoms. The number of methoxy groups -OCH3 is 1. The van der Waals surface area contributed by atoms with Crippen LogP contribution in [0.1, 0.15) is 22.0 Å². The highest BCUT2D eigenvalue weighted by Gasteiger charge is 2.06. The van der Waals surface area contributed by atoms with E-state index in [0.29, 0.717) is 25.5 Å². The van der Waals surface area contributed by atoms with Gasteiger partial charge in [0.05, 0.1) is 30.8 Å². The number of hydrogen-bond donors (Lipinski definition) is 2. The zero-order valence-corrected chi connectivity index (χ0v) is 12.6. The third-order valence-electron chi connectivity index (χ3n) is 2.49. The maximum atomic E-state index is 11.0.